The fourth-order valence-electron chi connectivity index (χ4n) is 3.82. The molecule has 170 valence electrons. The molecule has 0 fully saturated rings. The fraction of sp³-hybridized carbons (Fsp3) is 0.400. The highest BCUT2D eigenvalue weighted by atomic mass is 16.5. The predicted molar refractivity (Wildman–Crippen MR) is 128 cm³/mol. The van der Waals surface area contributed by atoms with Crippen LogP contribution in [0.1, 0.15) is 44.6 Å². The molecule has 7 nitrogen and oxygen atoms in total. The number of rotatable bonds is 9. The summed E-state index contributed by atoms with van der Waals surface area (Å²) in [6.07, 6.45) is 1.61. The van der Waals surface area contributed by atoms with Crippen LogP contribution in [0.2, 0.25) is 0 Å². The molecule has 2 aromatic carbocycles. The van der Waals surface area contributed by atoms with Gasteiger partial charge in [-0.2, -0.15) is 0 Å². The molecule has 1 unspecified atom stereocenters. The van der Waals surface area contributed by atoms with Gasteiger partial charge < -0.3 is 15.0 Å². The van der Waals surface area contributed by atoms with E-state index < -0.39 is 6.04 Å². The maximum atomic E-state index is 13.3. The lowest BCUT2D eigenvalue weighted by atomic mass is 10.1. The quantitative estimate of drug-likeness (QED) is 0.497. The average molecular weight is 437 g/mol. The Morgan fingerprint density at radius 3 is 2.53 bits per heavy atom. The summed E-state index contributed by atoms with van der Waals surface area (Å²) in [6.45, 7) is 7.40. The van der Waals surface area contributed by atoms with E-state index in [2.05, 4.69) is 12.2 Å². The molecule has 0 saturated carbocycles. The van der Waals surface area contributed by atoms with Crippen molar-refractivity contribution in [3.05, 3.63) is 70.3 Å². The van der Waals surface area contributed by atoms with Crippen LogP contribution in [-0.2, 0) is 17.7 Å². The second-order valence-corrected chi connectivity index (χ2v) is 7.73. The van der Waals surface area contributed by atoms with Crippen molar-refractivity contribution in [2.45, 2.75) is 46.2 Å². The Balaban J connectivity index is 1.95. The molecular weight excluding hydrogens is 404 g/mol. The number of carbonyl (C=O) groups excluding carboxylic acids is 1. The van der Waals surface area contributed by atoms with E-state index in [0.29, 0.717) is 42.8 Å². The van der Waals surface area contributed by atoms with Crippen LogP contribution in [0.25, 0.3) is 10.9 Å². The third-order valence-corrected chi connectivity index (χ3v) is 5.67. The first-order valence-electron chi connectivity index (χ1n) is 11.1. The number of para-hydroxylation sites is 1. The molecule has 1 atom stereocenters. The van der Waals surface area contributed by atoms with Gasteiger partial charge in [0.05, 0.1) is 16.9 Å². The number of hydrogen-bond donors (Lipinski definition) is 1. The number of hydrogen-bond acceptors (Lipinski definition) is 4. The van der Waals surface area contributed by atoms with Gasteiger partial charge in [-0.25, -0.2) is 9.78 Å². The molecule has 0 radical (unpaired) electrons. The molecule has 0 saturated heterocycles. The maximum absolute atomic E-state index is 13.3. The van der Waals surface area contributed by atoms with Crippen LogP contribution in [0.3, 0.4) is 0 Å². The lowest BCUT2D eigenvalue weighted by molar-refractivity contribution is 0.158. The number of fused-ring (bicyclic) bond motifs is 1. The fourth-order valence-corrected chi connectivity index (χ4v) is 3.82. The second-order valence-electron chi connectivity index (χ2n) is 7.73. The monoisotopic (exact) mass is 436 g/mol. The third-order valence-electron chi connectivity index (χ3n) is 5.67. The highest BCUT2D eigenvalue weighted by molar-refractivity contribution is 5.89. The van der Waals surface area contributed by atoms with Crippen molar-refractivity contribution in [2.75, 3.05) is 25.6 Å². The zero-order chi connectivity index (χ0) is 23.1. The Labute approximate surface area is 189 Å². The van der Waals surface area contributed by atoms with Gasteiger partial charge in [-0.1, -0.05) is 31.2 Å². The highest BCUT2D eigenvalue weighted by Gasteiger charge is 2.26. The molecule has 2 amide bonds. The third kappa shape index (κ3) is 5.16. The summed E-state index contributed by atoms with van der Waals surface area (Å²) < 4.78 is 6.85. The standard InChI is InChI=1S/C25H32N4O3/c1-5-19-12-14-20(15-13-19)26-25(31)29(16-9-17-32-4)18(3)23-27-22-11-8-7-10-21(22)24(30)28(23)6-2/h7-8,10-15,18H,5-6,9,16-17H2,1-4H3,(H,26,31). The average Bonchev–Trinajstić information content (AvgIpc) is 2.82. The number of amides is 2. The number of benzene rings is 2. The summed E-state index contributed by atoms with van der Waals surface area (Å²) in [5, 5.41) is 3.57. The minimum Gasteiger partial charge on any atom is -0.385 e. The summed E-state index contributed by atoms with van der Waals surface area (Å²) in [5.74, 6) is 0.574. The lowest BCUT2D eigenvalue weighted by Gasteiger charge is -2.30. The van der Waals surface area contributed by atoms with Gasteiger partial charge in [0, 0.05) is 32.5 Å². The van der Waals surface area contributed by atoms with Gasteiger partial charge in [0.25, 0.3) is 5.56 Å². The molecule has 1 N–H and O–H groups in total. The van der Waals surface area contributed by atoms with E-state index in [0.717, 1.165) is 12.1 Å². The number of aromatic nitrogens is 2. The summed E-state index contributed by atoms with van der Waals surface area (Å²) in [7, 11) is 1.64. The number of aryl methyl sites for hydroxylation is 1. The molecule has 1 aromatic heterocycles. The Morgan fingerprint density at radius 2 is 1.88 bits per heavy atom. The number of carbonyl (C=O) groups is 1. The van der Waals surface area contributed by atoms with Crippen LogP contribution >= 0.6 is 0 Å². The van der Waals surface area contributed by atoms with Gasteiger partial charge in [0.2, 0.25) is 0 Å². The van der Waals surface area contributed by atoms with Crippen molar-refractivity contribution in [1.29, 1.82) is 0 Å². The maximum Gasteiger partial charge on any atom is 0.322 e. The van der Waals surface area contributed by atoms with Gasteiger partial charge in [-0.15, -0.1) is 0 Å². The number of urea groups is 1. The van der Waals surface area contributed by atoms with Crippen molar-refractivity contribution in [2.24, 2.45) is 0 Å². The van der Waals surface area contributed by atoms with Gasteiger partial charge in [0.15, 0.2) is 0 Å². The smallest absolute Gasteiger partial charge is 0.322 e. The van der Waals surface area contributed by atoms with Crippen LogP contribution in [0, 0.1) is 0 Å². The molecule has 7 heteroatoms. The number of ether oxygens (including phenoxy) is 1. The second kappa shape index (κ2) is 10.9. The first-order valence-corrected chi connectivity index (χ1v) is 11.1. The van der Waals surface area contributed by atoms with Crippen molar-refractivity contribution < 1.29 is 9.53 Å². The molecule has 1 heterocycles. The molecule has 0 aliphatic rings. The number of nitrogens with one attached hydrogen (secondary N) is 1. The van der Waals surface area contributed by atoms with Crippen LogP contribution in [0.4, 0.5) is 10.5 Å². The Bertz CT molecular complexity index is 1110. The minimum absolute atomic E-state index is 0.0904. The molecule has 0 aliphatic heterocycles. The van der Waals surface area contributed by atoms with Gasteiger partial charge in [-0.05, 0) is 56.5 Å². The molecule has 3 rings (SSSR count). The Morgan fingerprint density at radius 1 is 1.16 bits per heavy atom. The number of nitrogens with zero attached hydrogens (tertiary/aromatic N) is 3. The first kappa shape index (κ1) is 23.5. The summed E-state index contributed by atoms with van der Waals surface area (Å²) in [6, 6.07) is 14.5. The van der Waals surface area contributed by atoms with Crippen LogP contribution in [0.15, 0.2) is 53.3 Å². The molecule has 0 bridgehead atoms. The van der Waals surface area contributed by atoms with Crippen LogP contribution in [0.5, 0.6) is 0 Å². The topological polar surface area (TPSA) is 76.5 Å². The zero-order valence-corrected chi connectivity index (χ0v) is 19.3. The molecular formula is C25H32N4O3. The van der Waals surface area contributed by atoms with E-state index in [-0.39, 0.29) is 11.6 Å². The van der Waals surface area contributed by atoms with Crippen LogP contribution < -0.4 is 10.9 Å². The predicted octanol–water partition coefficient (Wildman–Crippen LogP) is 4.61. The minimum atomic E-state index is -0.404. The summed E-state index contributed by atoms with van der Waals surface area (Å²) in [5.41, 5.74) is 2.49. The molecule has 3 aromatic rings. The lowest BCUT2D eigenvalue weighted by Crippen LogP contribution is -2.41. The highest BCUT2D eigenvalue weighted by Crippen LogP contribution is 2.22. The first-order chi connectivity index (χ1) is 15.5. The molecule has 32 heavy (non-hydrogen) atoms. The van der Waals surface area contributed by atoms with E-state index in [4.69, 9.17) is 9.72 Å². The molecule has 0 spiro atoms. The SMILES string of the molecule is CCc1ccc(NC(=O)N(CCCOC)C(C)c2nc3ccccc3c(=O)n2CC)cc1. The molecule has 0 aliphatic carbocycles. The van der Waals surface area contributed by atoms with E-state index in [1.54, 1.807) is 22.6 Å². The van der Waals surface area contributed by atoms with E-state index in [1.807, 2.05) is 56.3 Å². The van der Waals surface area contributed by atoms with Crippen molar-refractivity contribution in [3.63, 3.8) is 0 Å². The van der Waals surface area contributed by atoms with E-state index in [1.165, 1.54) is 5.56 Å². The summed E-state index contributed by atoms with van der Waals surface area (Å²) in [4.78, 5) is 32.9. The normalized spacial score (nSPS) is 12.0. The van der Waals surface area contributed by atoms with Crippen LogP contribution in [-0.4, -0.2) is 40.7 Å². The van der Waals surface area contributed by atoms with Crippen molar-refractivity contribution >= 4 is 22.6 Å². The zero-order valence-electron chi connectivity index (χ0n) is 19.3. The van der Waals surface area contributed by atoms with Crippen molar-refractivity contribution in [1.82, 2.24) is 14.5 Å². The van der Waals surface area contributed by atoms with E-state index in [9.17, 15) is 9.59 Å². The summed E-state index contributed by atoms with van der Waals surface area (Å²) >= 11 is 0. The van der Waals surface area contributed by atoms with Gasteiger partial charge >= 0.3 is 6.03 Å². The Kier molecular flexibility index (Phi) is 8.00. The number of anilines is 1. The van der Waals surface area contributed by atoms with Gasteiger partial charge in [0.1, 0.15) is 5.82 Å². The van der Waals surface area contributed by atoms with E-state index >= 15 is 0 Å². The van der Waals surface area contributed by atoms with Crippen molar-refractivity contribution in [3.8, 4) is 0 Å². The largest absolute Gasteiger partial charge is 0.385 e. The van der Waals surface area contributed by atoms with Gasteiger partial charge in [-0.3, -0.25) is 9.36 Å². The Hall–Kier alpha value is -3.19. The number of methoxy groups -OCH3 is 1.